The molecule has 2 amide bonds. The number of anilines is 1. The molecule has 5 nitrogen and oxygen atoms in total. The Morgan fingerprint density at radius 1 is 1.21 bits per heavy atom. The topological polar surface area (TPSA) is 58.6 Å². The molecule has 1 N–H and O–H groups in total. The van der Waals surface area contributed by atoms with Gasteiger partial charge in [0.1, 0.15) is 0 Å². The van der Waals surface area contributed by atoms with Crippen molar-refractivity contribution in [1.82, 2.24) is 4.90 Å². The summed E-state index contributed by atoms with van der Waals surface area (Å²) in [5, 5.41) is 3.05. The maximum Gasteiger partial charge on any atom is 0.264 e. The van der Waals surface area contributed by atoms with E-state index < -0.39 is 0 Å². The molecule has 1 saturated heterocycles. The molecule has 1 aromatic carbocycles. The van der Waals surface area contributed by atoms with Crippen LogP contribution in [-0.2, 0) is 28.8 Å². The van der Waals surface area contributed by atoms with Crippen LogP contribution >= 0.6 is 11.3 Å². The molecule has 0 radical (unpaired) electrons. The van der Waals surface area contributed by atoms with E-state index in [1.807, 2.05) is 23.1 Å². The second kappa shape index (κ2) is 8.45. The van der Waals surface area contributed by atoms with Crippen LogP contribution in [0.3, 0.4) is 0 Å². The molecule has 2 heterocycles. The number of ether oxygens (including phenoxy) is 1. The maximum atomic E-state index is 12.7. The number of carbonyl (C=O) groups is 2. The Morgan fingerprint density at radius 2 is 1.96 bits per heavy atom. The van der Waals surface area contributed by atoms with Crippen molar-refractivity contribution in [2.45, 2.75) is 32.6 Å². The molecule has 1 aliphatic carbocycles. The predicted octanol–water partition coefficient (Wildman–Crippen LogP) is 3.53. The lowest BCUT2D eigenvalue weighted by Crippen LogP contribution is -2.40. The Kier molecular flexibility index (Phi) is 5.78. The van der Waals surface area contributed by atoms with Crippen LogP contribution in [0.1, 0.15) is 39.0 Å². The number of rotatable bonds is 4. The summed E-state index contributed by atoms with van der Waals surface area (Å²) in [7, 11) is 0. The van der Waals surface area contributed by atoms with Gasteiger partial charge in [0.2, 0.25) is 5.91 Å². The Labute approximate surface area is 169 Å². The van der Waals surface area contributed by atoms with Crippen LogP contribution in [0.15, 0.2) is 30.3 Å². The second-order valence-electron chi connectivity index (χ2n) is 7.44. The minimum Gasteiger partial charge on any atom is -0.378 e. The molecule has 4 rings (SSSR count). The van der Waals surface area contributed by atoms with Crippen molar-refractivity contribution >= 4 is 28.8 Å². The Hall–Kier alpha value is -2.18. The average Bonchev–Trinajstić information content (AvgIpc) is 3.17. The fourth-order valence-electron chi connectivity index (χ4n) is 3.84. The molecule has 148 valence electrons. The van der Waals surface area contributed by atoms with Gasteiger partial charge in [-0.15, -0.1) is 11.3 Å². The summed E-state index contributed by atoms with van der Waals surface area (Å²) in [4.78, 5) is 29.4. The summed E-state index contributed by atoms with van der Waals surface area (Å²) in [6.45, 7) is 4.65. The van der Waals surface area contributed by atoms with Crippen LogP contribution in [0.25, 0.3) is 0 Å². The van der Waals surface area contributed by atoms with E-state index in [4.69, 9.17) is 4.74 Å². The molecule has 1 atom stereocenters. The highest BCUT2D eigenvalue weighted by molar-refractivity contribution is 7.14. The third-order valence-electron chi connectivity index (χ3n) is 5.59. The summed E-state index contributed by atoms with van der Waals surface area (Å²) < 4.78 is 5.33. The molecule has 6 heteroatoms. The summed E-state index contributed by atoms with van der Waals surface area (Å²) in [6.07, 6.45) is 3.39. The van der Waals surface area contributed by atoms with Gasteiger partial charge in [0.25, 0.3) is 5.91 Å². The van der Waals surface area contributed by atoms with Gasteiger partial charge in [0, 0.05) is 29.6 Å². The SMILES string of the molecule is CCc1ccc(NC(=O)[C@@H]2CCc3sc(C(=O)N4CCOCC4)cc3C2)cc1. The van der Waals surface area contributed by atoms with E-state index in [-0.39, 0.29) is 17.7 Å². The smallest absolute Gasteiger partial charge is 0.264 e. The van der Waals surface area contributed by atoms with Crippen LogP contribution in [0.5, 0.6) is 0 Å². The highest BCUT2D eigenvalue weighted by Crippen LogP contribution is 2.33. The van der Waals surface area contributed by atoms with Crippen LogP contribution in [0.2, 0.25) is 0 Å². The minimum absolute atomic E-state index is 0.0423. The summed E-state index contributed by atoms with van der Waals surface area (Å²) in [5.41, 5.74) is 3.27. The molecular formula is C22H26N2O3S. The number of thiophene rings is 1. The molecular weight excluding hydrogens is 372 g/mol. The van der Waals surface area contributed by atoms with Crippen LogP contribution in [0, 0.1) is 5.92 Å². The standard InChI is InChI=1S/C22H26N2O3S/c1-2-15-3-6-18(7-4-15)23-21(25)16-5-8-19-17(13-16)14-20(28-19)22(26)24-9-11-27-12-10-24/h3-4,6-7,14,16H,2,5,8-13H2,1H3,(H,23,25)/t16-/m1/s1. The normalized spacial score (nSPS) is 19.2. The van der Waals surface area contributed by atoms with E-state index in [0.29, 0.717) is 32.7 Å². The lowest BCUT2D eigenvalue weighted by molar-refractivity contribution is -0.120. The zero-order chi connectivity index (χ0) is 19.5. The first-order valence-corrected chi connectivity index (χ1v) is 10.8. The molecule has 1 aliphatic heterocycles. The minimum atomic E-state index is -0.0423. The fraction of sp³-hybridized carbons (Fsp3) is 0.455. The van der Waals surface area contributed by atoms with E-state index >= 15 is 0 Å². The second-order valence-corrected chi connectivity index (χ2v) is 8.58. The molecule has 0 bridgehead atoms. The number of morpholine rings is 1. The van der Waals surface area contributed by atoms with Gasteiger partial charge in [-0.1, -0.05) is 19.1 Å². The zero-order valence-electron chi connectivity index (χ0n) is 16.2. The van der Waals surface area contributed by atoms with Crippen LogP contribution in [-0.4, -0.2) is 43.0 Å². The third kappa shape index (κ3) is 4.13. The number of aryl methyl sites for hydroxylation is 2. The van der Waals surface area contributed by atoms with Gasteiger partial charge in [-0.3, -0.25) is 9.59 Å². The third-order valence-corrected chi connectivity index (χ3v) is 6.82. The lowest BCUT2D eigenvalue weighted by atomic mass is 9.87. The molecule has 28 heavy (non-hydrogen) atoms. The first-order chi connectivity index (χ1) is 13.6. The van der Waals surface area contributed by atoms with Crippen molar-refractivity contribution in [3.8, 4) is 0 Å². The molecule has 2 aromatic rings. The van der Waals surface area contributed by atoms with Gasteiger partial charge in [-0.05, 0) is 55.0 Å². The quantitative estimate of drug-likeness (QED) is 0.857. The molecule has 0 spiro atoms. The largest absolute Gasteiger partial charge is 0.378 e. The Morgan fingerprint density at radius 3 is 2.68 bits per heavy atom. The first-order valence-electron chi connectivity index (χ1n) is 10.0. The number of amides is 2. The summed E-state index contributed by atoms with van der Waals surface area (Å²) >= 11 is 1.60. The van der Waals surface area contributed by atoms with E-state index in [0.717, 1.165) is 35.4 Å². The van der Waals surface area contributed by atoms with Gasteiger partial charge < -0.3 is 15.0 Å². The Bertz CT molecular complexity index is 853. The van der Waals surface area contributed by atoms with Gasteiger partial charge >= 0.3 is 0 Å². The maximum absolute atomic E-state index is 12.7. The van der Waals surface area contributed by atoms with Gasteiger partial charge in [-0.2, -0.15) is 0 Å². The number of fused-ring (bicyclic) bond motifs is 1. The average molecular weight is 399 g/mol. The number of hydrogen-bond donors (Lipinski definition) is 1. The molecule has 0 unspecified atom stereocenters. The van der Waals surface area contributed by atoms with E-state index in [9.17, 15) is 9.59 Å². The molecule has 2 aliphatic rings. The van der Waals surface area contributed by atoms with E-state index in [1.165, 1.54) is 10.4 Å². The van der Waals surface area contributed by atoms with Crippen molar-refractivity contribution < 1.29 is 14.3 Å². The first kappa shape index (κ1) is 19.2. The number of nitrogens with one attached hydrogen (secondary N) is 1. The fourth-order valence-corrected chi connectivity index (χ4v) is 5.02. The number of benzene rings is 1. The predicted molar refractivity (Wildman–Crippen MR) is 111 cm³/mol. The van der Waals surface area contributed by atoms with Crippen LogP contribution < -0.4 is 5.32 Å². The molecule has 1 aromatic heterocycles. The number of carbonyl (C=O) groups excluding carboxylic acids is 2. The zero-order valence-corrected chi connectivity index (χ0v) is 17.0. The number of nitrogens with zero attached hydrogens (tertiary/aromatic N) is 1. The Balaban J connectivity index is 1.40. The highest BCUT2D eigenvalue weighted by Gasteiger charge is 2.29. The van der Waals surface area contributed by atoms with E-state index in [1.54, 1.807) is 11.3 Å². The van der Waals surface area contributed by atoms with Crippen LogP contribution in [0.4, 0.5) is 5.69 Å². The van der Waals surface area contributed by atoms with Crippen molar-refractivity contribution in [3.63, 3.8) is 0 Å². The summed E-state index contributed by atoms with van der Waals surface area (Å²) in [5.74, 6) is 0.126. The lowest BCUT2D eigenvalue weighted by Gasteiger charge is -2.26. The monoisotopic (exact) mass is 398 g/mol. The van der Waals surface area contributed by atoms with Gasteiger partial charge in [-0.25, -0.2) is 0 Å². The summed E-state index contributed by atoms with van der Waals surface area (Å²) in [6, 6.07) is 10.0. The highest BCUT2D eigenvalue weighted by atomic mass is 32.1. The van der Waals surface area contributed by atoms with Gasteiger partial charge in [0.05, 0.1) is 18.1 Å². The van der Waals surface area contributed by atoms with E-state index in [2.05, 4.69) is 24.4 Å². The molecule has 0 saturated carbocycles. The van der Waals surface area contributed by atoms with Gasteiger partial charge in [0.15, 0.2) is 0 Å². The van der Waals surface area contributed by atoms with Crippen molar-refractivity contribution in [1.29, 1.82) is 0 Å². The van der Waals surface area contributed by atoms with Crippen molar-refractivity contribution in [3.05, 3.63) is 51.2 Å². The molecule has 1 fully saturated rings. The van der Waals surface area contributed by atoms with Crippen molar-refractivity contribution in [2.24, 2.45) is 5.92 Å². The van der Waals surface area contributed by atoms with Crippen molar-refractivity contribution in [2.75, 3.05) is 31.6 Å². The number of hydrogen-bond acceptors (Lipinski definition) is 4.